The predicted octanol–water partition coefficient (Wildman–Crippen LogP) is 5.33. The molecule has 3 aliphatic rings. The first-order valence-electron chi connectivity index (χ1n) is 10.8. The van der Waals surface area contributed by atoms with E-state index in [0.29, 0.717) is 25.0 Å². The molecule has 0 spiro atoms. The van der Waals surface area contributed by atoms with Gasteiger partial charge in [0.15, 0.2) is 11.2 Å². The summed E-state index contributed by atoms with van der Waals surface area (Å²) in [4.78, 5) is 13.1. The van der Waals surface area contributed by atoms with Gasteiger partial charge in [0.05, 0.1) is 17.6 Å². The molecule has 172 valence electrons. The van der Waals surface area contributed by atoms with Gasteiger partial charge in [-0.1, -0.05) is 0 Å². The maximum atomic E-state index is 13.8. The first-order valence-corrected chi connectivity index (χ1v) is 10.8. The van der Waals surface area contributed by atoms with E-state index in [1.807, 2.05) is 32.0 Å². The van der Waals surface area contributed by atoms with Crippen molar-refractivity contribution in [1.29, 1.82) is 10.5 Å². The fourth-order valence-corrected chi connectivity index (χ4v) is 5.17. The molecule has 0 unspecified atom stereocenters. The Balaban J connectivity index is 1.57. The van der Waals surface area contributed by atoms with E-state index in [1.165, 1.54) is 13.0 Å². The van der Waals surface area contributed by atoms with Gasteiger partial charge in [-0.3, -0.25) is 4.57 Å². The van der Waals surface area contributed by atoms with Crippen molar-refractivity contribution < 1.29 is 13.5 Å². The van der Waals surface area contributed by atoms with Gasteiger partial charge in [0.1, 0.15) is 11.6 Å². The van der Waals surface area contributed by atoms with Crippen molar-refractivity contribution in [2.75, 3.05) is 5.32 Å². The van der Waals surface area contributed by atoms with Crippen LogP contribution in [0.2, 0.25) is 0 Å². The lowest BCUT2D eigenvalue weighted by Gasteiger charge is -2.66. The summed E-state index contributed by atoms with van der Waals surface area (Å²) in [5, 5.41) is 21.3. The highest BCUT2D eigenvalue weighted by Gasteiger charge is 2.69. The van der Waals surface area contributed by atoms with E-state index in [-0.39, 0.29) is 39.8 Å². The number of hydrogen-bond donors (Lipinski definition) is 1. The molecule has 0 radical (unpaired) electrons. The number of hydrogen-bond acceptors (Lipinski definition) is 7. The number of benzene rings is 1. The third-order valence-electron chi connectivity index (χ3n) is 6.56. The summed E-state index contributed by atoms with van der Waals surface area (Å²) >= 11 is 0. The number of ether oxygens (including phenoxy) is 1. The van der Waals surface area contributed by atoms with Crippen LogP contribution in [0.25, 0.3) is 17.2 Å². The Morgan fingerprint density at radius 3 is 2.38 bits per heavy atom. The van der Waals surface area contributed by atoms with Gasteiger partial charge in [-0.25, -0.2) is 4.98 Å². The lowest BCUT2D eigenvalue weighted by Crippen LogP contribution is -2.70. The average Bonchev–Trinajstić information content (AvgIpc) is 3.06. The average molecular weight is 461 g/mol. The van der Waals surface area contributed by atoms with Crippen molar-refractivity contribution in [2.24, 2.45) is 5.41 Å². The van der Waals surface area contributed by atoms with Crippen LogP contribution < -0.4 is 10.1 Å². The number of fused-ring (bicyclic) bond motifs is 1. The van der Waals surface area contributed by atoms with Crippen LogP contribution in [-0.4, -0.2) is 25.1 Å². The second-order valence-corrected chi connectivity index (χ2v) is 9.21. The smallest absolute Gasteiger partial charge is 0.321 e. The highest BCUT2D eigenvalue weighted by Crippen LogP contribution is 2.67. The SMILES string of the molecule is Cc1cc(/C=C/C#N)cc(C)c1Oc1nc(NC23CC(C#N)(C2)C3)nc2c1nc(C)n2C(F)F. The Bertz CT molecular complexity index is 1400. The fraction of sp³-hybridized carbons (Fsp3) is 0.375. The maximum absolute atomic E-state index is 13.8. The number of aryl methyl sites for hydroxylation is 3. The second-order valence-electron chi connectivity index (χ2n) is 9.21. The normalized spacial score (nSPS) is 22.8. The maximum Gasteiger partial charge on any atom is 0.321 e. The summed E-state index contributed by atoms with van der Waals surface area (Å²) in [5.74, 6) is 0.862. The second kappa shape index (κ2) is 7.49. The van der Waals surface area contributed by atoms with Crippen LogP contribution in [0.1, 0.15) is 48.3 Å². The van der Waals surface area contributed by atoms with Crippen molar-refractivity contribution in [3.05, 3.63) is 40.7 Å². The molecular formula is C24H21F2N7O. The Labute approximate surface area is 194 Å². The van der Waals surface area contributed by atoms with Crippen LogP contribution >= 0.6 is 0 Å². The summed E-state index contributed by atoms with van der Waals surface area (Å²) < 4.78 is 34.5. The first kappa shape index (κ1) is 21.8. The molecule has 1 aromatic carbocycles. The molecule has 3 aliphatic carbocycles. The molecule has 1 N–H and O–H groups in total. The van der Waals surface area contributed by atoms with Gasteiger partial charge < -0.3 is 10.1 Å². The Morgan fingerprint density at radius 1 is 1.12 bits per heavy atom. The zero-order valence-corrected chi connectivity index (χ0v) is 18.9. The van der Waals surface area contributed by atoms with Crippen LogP contribution in [0, 0.1) is 48.8 Å². The van der Waals surface area contributed by atoms with Gasteiger partial charge in [-0.05, 0) is 74.9 Å². The molecule has 0 saturated heterocycles. The molecule has 2 aromatic heterocycles. The lowest BCUT2D eigenvalue weighted by atomic mass is 9.40. The van der Waals surface area contributed by atoms with Gasteiger partial charge in [-0.2, -0.15) is 29.3 Å². The van der Waals surface area contributed by atoms with E-state index in [4.69, 9.17) is 10.00 Å². The Kier molecular flexibility index (Phi) is 4.80. The number of nitrogens with one attached hydrogen (secondary N) is 1. The first-order chi connectivity index (χ1) is 16.2. The highest BCUT2D eigenvalue weighted by atomic mass is 19.3. The monoisotopic (exact) mass is 461 g/mol. The summed E-state index contributed by atoms with van der Waals surface area (Å²) in [6.07, 6.45) is 5.12. The van der Waals surface area contributed by atoms with E-state index < -0.39 is 6.55 Å². The van der Waals surface area contributed by atoms with E-state index >= 15 is 0 Å². The predicted molar refractivity (Wildman–Crippen MR) is 120 cm³/mol. The third-order valence-corrected chi connectivity index (χ3v) is 6.56. The van der Waals surface area contributed by atoms with Gasteiger partial charge in [-0.15, -0.1) is 0 Å². The fourth-order valence-electron chi connectivity index (χ4n) is 5.17. The number of rotatable bonds is 6. The zero-order valence-electron chi connectivity index (χ0n) is 18.9. The van der Waals surface area contributed by atoms with Crippen molar-refractivity contribution >= 4 is 23.2 Å². The number of alkyl halides is 2. The number of allylic oxidation sites excluding steroid dienone is 1. The van der Waals surface area contributed by atoms with Gasteiger partial charge in [0.2, 0.25) is 5.95 Å². The minimum absolute atomic E-state index is 0.0227. The van der Waals surface area contributed by atoms with Gasteiger partial charge in [0, 0.05) is 11.6 Å². The lowest BCUT2D eigenvalue weighted by molar-refractivity contribution is -0.0665. The number of aromatic nitrogens is 4. The summed E-state index contributed by atoms with van der Waals surface area (Å²) in [7, 11) is 0. The highest BCUT2D eigenvalue weighted by molar-refractivity contribution is 5.79. The van der Waals surface area contributed by atoms with E-state index in [0.717, 1.165) is 21.3 Å². The van der Waals surface area contributed by atoms with Gasteiger partial charge in [0.25, 0.3) is 5.88 Å². The molecule has 0 aliphatic heterocycles. The molecule has 34 heavy (non-hydrogen) atoms. The number of nitriles is 2. The Hall–Kier alpha value is -4.05. The molecular weight excluding hydrogens is 440 g/mol. The molecule has 2 bridgehead atoms. The molecule has 3 saturated carbocycles. The topological polar surface area (TPSA) is 112 Å². The third kappa shape index (κ3) is 3.34. The number of nitrogens with zero attached hydrogens (tertiary/aromatic N) is 6. The minimum Gasteiger partial charge on any atom is -0.436 e. The molecule has 10 heteroatoms. The summed E-state index contributed by atoms with van der Waals surface area (Å²) in [6.45, 7) is 2.37. The van der Waals surface area contributed by atoms with Crippen LogP contribution in [0.15, 0.2) is 18.2 Å². The van der Waals surface area contributed by atoms with Crippen LogP contribution in [0.5, 0.6) is 11.6 Å². The number of imidazole rings is 1. The largest absolute Gasteiger partial charge is 0.436 e. The number of halogens is 2. The standard InChI is InChI=1S/C24H21F2N7O/c1-13-7-16(5-4-6-27)8-14(2)18(13)34-20-17-19(33(21(25)26)15(3)29-17)30-22(31-20)32-24-9-23(10-24,11-24)12-28/h4-5,7-8,21H,9-11H2,1-3H3,(H,30,31,32)/b5-4+. The molecule has 2 heterocycles. The van der Waals surface area contributed by atoms with Crippen LogP contribution in [-0.2, 0) is 0 Å². The van der Waals surface area contributed by atoms with Crippen molar-refractivity contribution in [3.8, 4) is 23.8 Å². The molecule has 3 fully saturated rings. The van der Waals surface area contributed by atoms with E-state index in [9.17, 15) is 14.0 Å². The summed E-state index contributed by atoms with van der Waals surface area (Å²) in [6, 6.07) is 8.03. The zero-order chi connectivity index (χ0) is 24.3. The molecule has 6 rings (SSSR count). The number of anilines is 1. The quantitative estimate of drug-likeness (QED) is 0.493. The van der Waals surface area contributed by atoms with Crippen LogP contribution in [0.4, 0.5) is 14.7 Å². The molecule has 0 atom stereocenters. The van der Waals surface area contributed by atoms with Crippen molar-refractivity contribution in [3.63, 3.8) is 0 Å². The molecule has 8 nitrogen and oxygen atoms in total. The van der Waals surface area contributed by atoms with E-state index in [1.54, 1.807) is 6.08 Å². The molecule has 3 aromatic rings. The van der Waals surface area contributed by atoms with Crippen molar-refractivity contribution in [1.82, 2.24) is 19.5 Å². The van der Waals surface area contributed by atoms with Gasteiger partial charge >= 0.3 is 6.55 Å². The molecule has 0 amide bonds. The minimum atomic E-state index is -2.83. The van der Waals surface area contributed by atoms with E-state index in [2.05, 4.69) is 26.3 Å². The van der Waals surface area contributed by atoms with Crippen molar-refractivity contribution in [2.45, 2.75) is 52.1 Å². The Morgan fingerprint density at radius 2 is 1.79 bits per heavy atom. The van der Waals surface area contributed by atoms with Crippen LogP contribution in [0.3, 0.4) is 0 Å². The summed E-state index contributed by atoms with van der Waals surface area (Å²) in [5.41, 5.74) is 1.97.